The lowest BCUT2D eigenvalue weighted by Crippen LogP contribution is -2.28. The van der Waals surface area contributed by atoms with Crippen molar-refractivity contribution in [2.24, 2.45) is 5.73 Å². The number of hydrogen-bond donors (Lipinski definition) is 2. The van der Waals surface area contributed by atoms with Crippen LogP contribution >= 0.6 is 0 Å². The maximum atomic E-state index is 5.78. The Morgan fingerprint density at radius 1 is 1.12 bits per heavy atom. The zero-order valence-electron chi connectivity index (χ0n) is 11.6. The number of nitrogens with one attached hydrogen (secondary N) is 1. The molecule has 0 aliphatic rings. The number of anilines is 1. The highest BCUT2D eigenvalue weighted by molar-refractivity contribution is 5.46. The Morgan fingerprint density at radius 3 is 2.06 bits per heavy atom. The first kappa shape index (κ1) is 14.0. The van der Waals surface area contributed by atoms with Crippen LogP contribution in [0.4, 0.5) is 5.69 Å². The topological polar surface area (TPSA) is 38.0 Å². The Balaban J connectivity index is 2.74. The summed E-state index contributed by atoms with van der Waals surface area (Å²) in [5, 5.41) is 3.54. The van der Waals surface area contributed by atoms with Gasteiger partial charge in [-0.1, -0.05) is 39.8 Å². The van der Waals surface area contributed by atoms with Crippen LogP contribution in [0.5, 0.6) is 0 Å². The van der Waals surface area contributed by atoms with Crippen molar-refractivity contribution < 1.29 is 0 Å². The molecule has 0 saturated heterocycles. The molecule has 17 heavy (non-hydrogen) atoms. The van der Waals surface area contributed by atoms with Crippen LogP contribution in [0, 0.1) is 0 Å². The van der Waals surface area contributed by atoms with Crippen LogP contribution in [0.15, 0.2) is 24.3 Å². The van der Waals surface area contributed by atoms with Crippen molar-refractivity contribution in [3.63, 3.8) is 0 Å². The second-order valence-corrected chi connectivity index (χ2v) is 5.32. The van der Waals surface area contributed by atoms with E-state index in [9.17, 15) is 0 Å². The third-order valence-corrected chi connectivity index (χ3v) is 3.53. The normalized spacial score (nSPS) is 11.9. The molecule has 0 heterocycles. The van der Waals surface area contributed by atoms with Crippen LogP contribution in [0.3, 0.4) is 0 Å². The molecule has 0 fully saturated rings. The van der Waals surface area contributed by atoms with Crippen LogP contribution in [0.1, 0.15) is 46.1 Å². The van der Waals surface area contributed by atoms with Gasteiger partial charge in [0.05, 0.1) is 0 Å². The van der Waals surface area contributed by atoms with Gasteiger partial charge in [0.25, 0.3) is 0 Å². The summed E-state index contributed by atoms with van der Waals surface area (Å²) in [7, 11) is 0. The summed E-state index contributed by atoms with van der Waals surface area (Å²) < 4.78 is 0. The van der Waals surface area contributed by atoms with E-state index in [-0.39, 0.29) is 5.41 Å². The predicted molar refractivity (Wildman–Crippen MR) is 76.5 cm³/mol. The quantitative estimate of drug-likeness (QED) is 0.790. The van der Waals surface area contributed by atoms with E-state index in [1.807, 2.05) is 0 Å². The van der Waals surface area contributed by atoms with Gasteiger partial charge in [0, 0.05) is 23.7 Å². The van der Waals surface area contributed by atoms with E-state index in [2.05, 4.69) is 57.3 Å². The minimum absolute atomic E-state index is 0.0629. The summed E-state index contributed by atoms with van der Waals surface area (Å²) in [6, 6.07) is 9.24. The van der Waals surface area contributed by atoms with Crippen molar-refractivity contribution in [2.45, 2.75) is 52.0 Å². The molecule has 0 unspecified atom stereocenters. The number of rotatable bonds is 6. The fourth-order valence-electron chi connectivity index (χ4n) is 1.86. The van der Waals surface area contributed by atoms with Crippen molar-refractivity contribution in [1.82, 2.24) is 0 Å². The van der Waals surface area contributed by atoms with Gasteiger partial charge in [-0.2, -0.15) is 0 Å². The molecule has 2 nitrogen and oxygen atoms in total. The molecule has 2 heteroatoms. The van der Waals surface area contributed by atoms with Gasteiger partial charge in [0.2, 0.25) is 0 Å². The molecule has 0 saturated carbocycles. The molecule has 0 aromatic heterocycles. The first-order chi connectivity index (χ1) is 8.03. The van der Waals surface area contributed by atoms with Gasteiger partial charge < -0.3 is 11.1 Å². The van der Waals surface area contributed by atoms with Gasteiger partial charge in [-0.25, -0.2) is 0 Å². The second kappa shape index (κ2) is 6.06. The van der Waals surface area contributed by atoms with Crippen LogP contribution in [-0.4, -0.2) is 12.6 Å². The van der Waals surface area contributed by atoms with Crippen molar-refractivity contribution in [3.05, 3.63) is 29.8 Å². The minimum atomic E-state index is 0.0629. The predicted octanol–water partition coefficient (Wildman–Crippen LogP) is 3.52. The molecule has 96 valence electrons. The van der Waals surface area contributed by atoms with Gasteiger partial charge in [-0.15, -0.1) is 0 Å². The third kappa shape index (κ3) is 3.74. The third-order valence-electron chi connectivity index (χ3n) is 3.53. The molecule has 0 radical (unpaired) electrons. The zero-order chi connectivity index (χ0) is 12.9. The van der Waals surface area contributed by atoms with E-state index < -0.39 is 0 Å². The average molecular weight is 234 g/mol. The average Bonchev–Trinajstić information content (AvgIpc) is 2.36. The van der Waals surface area contributed by atoms with E-state index in [1.165, 1.54) is 11.3 Å². The Kier molecular flexibility index (Phi) is 5.01. The molecule has 3 N–H and O–H groups in total. The summed E-state index contributed by atoms with van der Waals surface area (Å²) >= 11 is 0. The fourth-order valence-corrected chi connectivity index (χ4v) is 1.86. The monoisotopic (exact) mass is 234 g/mol. The Hall–Kier alpha value is -1.02. The Morgan fingerprint density at radius 2 is 1.65 bits per heavy atom. The first-order valence-corrected chi connectivity index (χ1v) is 6.60. The maximum absolute atomic E-state index is 5.78. The van der Waals surface area contributed by atoms with Crippen molar-refractivity contribution in [3.8, 4) is 0 Å². The van der Waals surface area contributed by atoms with Crippen molar-refractivity contribution in [2.75, 3.05) is 11.9 Å². The lowest BCUT2D eigenvalue weighted by Gasteiger charge is -2.24. The van der Waals surface area contributed by atoms with Crippen molar-refractivity contribution >= 4 is 5.69 Å². The van der Waals surface area contributed by atoms with Crippen LogP contribution < -0.4 is 11.1 Å². The molecular formula is C15H26N2. The standard InChI is InChI=1S/C15H26N2/c1-5-13(6-2)17-14-9-7-12(8-10-14)15(3,4)11-16/h7-10,13,17H,5-6,11,16H2,1-4H3. The molecule has 1 rings (SSSR count). The highest BCUT2D eigenvalue weighted by Gasteiger charge is 2.17. The maximum Gasteiger partial charge on any atom is 0.0342 e. The highest BCUT2D eigenvalue weighted by Crippen LogP contribution is 2.23. The van der Waals surface area contributed by atoms with Crippen molar-refractivity contribution in [1.29, 1.82) is 0 Å². The van der Waals surface area contributed by atoms with Gasteiger partial charge in [-0.3, -0.25) is 0 Å². The molecule has 0 bridgehead atoms. The molecule has 1 aromatic rings. The largest absolute Gasteiger partial charge is 0.382 e. The summed E-state index contributed by atoms with van der Waals surface area (Å²) in [6.07, 6.45) is 2.32. The zero-order valence-corrected chi connectivity index (χ0v) is 11.6. The molecule has 0 aliphatic heterocycles. The number of nitrogens with two attached hydrogens (primary N) is 1. The van der Waals surface area contributed by atoms with Gasteiger partial charge in [0.15, 0.2) is 0 Å². The van der Waals surface area contributed by atoms with E-state index >= 15 is 0 Å². The molecule has 0 spiro atoms. The van der Waals surface area contributed by atoms with E-state index in [0.29, 0.717) is 12.6 Å². The number of hydrogen-bond acceptors (Lipinski definition) is 2. The summed E-state index contributed by atoms with van der Waals surface area (Å²) in [4.78, 5) is 0. The second-order valence-electron chi connectivity index (χ2n) is 5.32. The van der Waals surface area contributed by atoms with E-state index in [1.54, 1.807) is 0 Å². The Bertz CT molecular complexity index is 323. The number of benzene rings is 1. The smallest absolute Gasteiger partial charge is 0.0342 e. The fraction of sp³-hybridized carbons (Fsp3) is 0.600. The van der Waals surface area contributed by atoms with Crippen LogP contribution in [0.25, 0.3) is 0 Å². The highest BCUT2D eigenvalue weighted by atomic mass is 14.9. The summed E-state index contributed by atoms with van der Waals surface area (Å²) in [6.45, 7) is 9.46. The first-order valence-electron chi connectivity index (χ1n) is 6.60. The summed E-state index contributed by atoms with van der Waals surface area (Å²) in [5.74, 6) is 0. The van der Waals surface area contributed by atoms with Gasteiger partial charge >= 0.3 is 0 Å². The minimum Gasteiger partial charge on any atom is -0.382 e. The van der Waals surface area contributed by atoms with E-state index in [0.717, 1.165) is 12.8 Å². The molecular weight excluding hydrogens is 208 g/mol. The lowest BCUT2D eigenvalue weighted by atomic mass is 9.85. The molecule has 0 aliphatic carbocycles. The molecule has 1 aromatic carbocycles. The molecule has 0 amide bonds. The summed E-state index contributed by atoms with van der Waals surface area (Å²) in [5.41, 5.74) is 8.35. The van der Waals surface area contributed by atoms with Gasteiger partial charge in [-0.05, 0) is 30.5 Å². The Labute approximate surface area is 106 Å². The van der Waals surface area contributed by atoms with Gasteiger partial charge in [0.1, 0.15) is 0 Å². The lowest BCUT2D eigenvalue weighted by molar-refractivity contribution is 0.539. The van der Waals surface area contributed by atoms with E-state index in [4.69, 9.17) is 5.73 Å². The van der Waals surface area contributed by atoms with Crippen LogP contribution in [-0.2, 0) is 5.41 Å². The SMILES string of the molecule is CCC(CC)Nc1ccc(C(C)(C)CN)cc1. The molecule has 0 atom stereocenters. The van der Waals surface area contributed by atoms with Crippen LogP contribution in [0.2, 0.25) is 0 Å².